The van der Waals surface area contributed by atoms with Crippen molar-refractivity contribution in [2.24, 2.45) is 0 Å². The molecule has 2 aliphatic heterocycles. The van der Waals surface area contributed by atoms with Crippen LogP contribution in [0.3, 0.4) is 0 Å². The maximum absolute atomic E-state index is 6.23. The first-order chi connectivity index (χ1) is 14.4. The summed E-state index contributed by atoms with van der Waals surface area (Å²) in [4.78, 5) is 5.41. The van der Waals surface area contributed by atoms with Gasteiger partial charge in [0.05, 0.1) is 0 Å². The Bertz CT molecular complexity index is 539. The van der Waals surface area contributed by atoms with Crippen LogP contribution in [0.15, 0.2) is 23.7 Å². The van der Waals surface area contributed by atoms with E-state index in [1.165, 1.54) is 96.8 Å². The van der Waals surface area contributed by atoms with Crippen LogP contribution in [0.4, 0.5) is 0 Å². The Labute approximate surface area is 178 Å². The van der Waals surface area contributed by atoms with Gasteiger partial charge in [-0.1, -0.05) is 57.8 Å². The zero-order valence-corrected chi connectivity index (χ0v) is 18.5. The topological polar surface area (TPSA) is 24.9 Å². The number of fused-ring (bicyclic) bond motifs is 1. The molecular formula is C25H42N2O2. The van der Waals surface area contributed by atoms with Crippen molar-refractivity contribution in [1.29, 1.82) is 0 Å². The predicted octanol–water partition coefficient (Wildman–Crippen LogP) is 5.25. The minimum Gasteiger partial charge on any atom is -0.486 e. The summed E-state index contributed by atoms with van der Waals surface area (Å²) in [5.41, 5.74) is 0. The number of rotatable bonds is 3. The van der Waals surface area contributed by atoms with E-state index in [4.69, 9.17) is 9.47 Å². The molecule has 29 heavy (non-hydrogen) atoms. The zero-order chi connectivity index (χ0) is 19.7. The van der Waals surface area contributed by atoms with Crippen LogP contribution in [-0.4, -0.2) is 61.3 Å². The van der Waals surface area contributed by atoms with Crippen molar-refractivity contribution in [2.75, 3.05) is 39.3 Å². The minimum atomic E-state index is 0.185. The molecule has 0 aromatic rings. The quantitative estimate of drug-likeness (QED) is 0.643. The highest BCUT2D eigenvalue weighted by Crippen LogP contribution is 2.27. The number of hydrogen-bond donors (Lipinski definition) is 0. The highest BCUT2D eigenvalue weighted by Gasteiger charge is 2.29. The lowest BCUT2D eigenvalue weighted by Crippen LogP contribution is -2.52. The number of piperazine rings is 1. The molecule has 4 heteroatoms. The highest BCUT2D eigenvalue weighted by molar-refractivity contribution is 5.25. The van der Waals surface area contributed by atoms with Gasteiger partial charge in [0.2, 0.25) is 0 Å². The van der Waals surface area contributed by atoms with Gasteiger partial charge in [0, 0.05) is 38.8 Å². The molecule has 0 aromatic heterocycles. The lowest BCUT2D eigenvalue weighted by Gasteiger charge is -2.41. The maximum atomic E-state index is 6.23. The van der Waals surface area contributed by atoms with Crippen molar-refractivity contribution in [2.45, 2.75) is 95.6 Å². The lowest BCUT2D eigenvalue weighted by molar-refractivity contribution is -0.0340. The Kier molecular flexibility index (Phi) is 8.36. The first-order valence-electron chi connectivity index (χ1n) is 12.5. The molecule has 2 heterocycles. The van der Waals surface area contributed by atoms with Crippen LogP contribution in [0.25, 0.3) is 0 Å². The molecule has 0 radical (unpaired) electrons. The van der Waals surface area contributed by atoms with Gasteiger partial charge >= 0.3 is 0 Å². The molecule has 0 aromatic carbocycles. The van der Waals surface area contributed by atoms with Crippen LogP contribution in [0.5, 0.6) is 0 Å². The molecule has 0 spiro atoms. The molecular weight excluding hydrogens is 360 g/mol. The Hall–Kier alpha value is -1.00. The van der Waals surface area contributed by atoms with E-state index < -0.39 is 0 Å². The summed E-state index contributed by atoms with van der Waals surface area (Å²) in [5.74, 6) is 1.96. The molecule has 0 amide bonds. The number of ether oxygens (including phenoxy) is 2. The van der Waals surface area contributed by atoms with E-state index in [1.807, 2.05) is 0 Å². The van der Waals surface area contributed by atoms with Crippen molar-refractivity contribution in [1.82, 2.24) is 9.80 Å². The van der Waals surface area contributed by atoms with Gasteiger partial charge in [0.15, 0.2) is 11.5 Å². The van der Waals surface area contributed by atoms with E-state index in [0.717, 1.165) is 36.9 Å². The molecule has 0 N–H and O–H groups in total. The van der Waals surface area contributed by atoms with Gasteiger partial charge in [-0.15, -0.1) is 0 Å². The summed E-state index contributed by atoms with van der Waals surface area (Å²) in [7, 11) is 0. The van der Waals surface area contributed by atoms with Gasteiger partial charge in [0.1, 0.15) is 12.7 Å². The highest BCUT2D eigenvalue weighted by atomic mass is 16.6. The molecule has 4 rings (SSSR count). The van der Waals surface area contributed by atoms with Gasteiger partial charge in [-0.25, -0.2) is 0 Å². The Morgan fingerprint density at radius 3 is 1.97 bits per heavy atom. The average Bonchev–Trinajstić information content (AvgIpc) is 2.75. The lowest BCUT2D eigenvalue weighted by atomic mass is 9.96. The molecule has 3 fully saturated rings. The van der Waals surface area contributed by atoms with Gasteiger partial charge in [0.25, 0.3) is 0 Å². The molecule has 2 aliphatic carbocycles. The van der Waals surface area contributed by atoms with Gasteiger partial charge in [-0.3, -0.25) is 9.80 Å². The summed E-state index contributed by atoms with van der Waals surface area (Å²) in [6.45, 7) is 6.52. The number of nitrogens with zero attached hydrogens (tertiary/aromatic N) is 2. The zero-order valence-electron chi connectivity index (χ0n) is 18.5. The molecule has 4 aliphatic rings. The van der Waals surface area contributed by atoms with Crippen molar-refractivity contribution in [3.05, 3.63) is 23.7 Å². The molecule has 1 unspecified atom stereocenters. The third-order valence-corrected chi connectivity index (χ3v) is 7.25. The van der Waals surface area contributed by atoms with E-state index in [0.29, 0.717) is 6.61 Å². The van der Waals surface area contributed by atoms with Crippen LogP contribution >= 0.6 is 0 Å². The second-order valence-corrected chi connectivity index (χ2v) is 9.51. The van der Waals surface area contributed by atoms with E-state index >= 15 is 0 Å². The monoisotopic (exact) mass is 402 g/mol. The minimum absolute atomic E-state index is 0.185. The van der Waals surface area contributed by atoms with Gasteiger partial charge in [-0.2, -0.15) is 0 Å². The average molecular weight is 403 g/mol. The van der Waals surface area contributed by atoms with Crippen LogP contribution in [0.2, 0.25) is 0 Å². The van der Waals surface area contributed by atoms with E-state index in [2.05, 4.69) is 22.0 Å². The smallest absolute Gasteiger partial charge is 0.157 e. The van der Waals surface area contributed by atoms with Crippen LogP contribution in [0, 0.1) is 0 Å². The maximum Gasteiger partial charge on any atom is 0.157 e. The molecule has 2 saturated heterocycles. The fourth-order valence-electron chi connectivity index (χ4n) is 5.46. The third-order valence-electron chi connectivity index (χ3n) is 7.25. The normalized spacial score (nSPS) is 29.3. The SMILES string of the molecule is C1=C2OCC(CN3CCN(C4CCCCCCCCCCC4)CC3)OC2=CCC1. The molecule has 164 valence electrons. The van der Waals surface area contributed by atoms with Crippen molar-refractivity contribution in [3.8, 4) is 0 Å². The fourth-order valence-corrected chi connectivity index (χ4v) is 5.46. The molecule has 4 nitrogen and oxygen atoms in total. The fraction of sp³-hybridized carbons (Fsp3) is 0.840. The summed E-state index contributed by atoms with van der Waals surface area (Å²) < 4.78 is 12.2. The summed E-state index contributed by atoms with van der Waals surface area (Å²) >= 11 is 0. The first-order valence-corrected chi connectivity index (χ1v) is 12.5. The number of allylic oxidation sites excluding steroid dienone is 2. The van der Waals surface area contributed by atoms with E-state index in [-0.39, 0.29) is 6.10 Å². The second kappa shape index (κ2) is 11.4. The second-order valence-electron chi connectivity index (χ2n) is 9.51. The summed E-state index contributed by atoms with van der Waals surface area (Å²) in [6.07, 6.45) is 22.6. The van der Waals surface area contributed by atoms with Crippen LogP contribution in [-0.2, 0) is 9.47 Å². The van der Waals surface area contributed by atoms with E-state index in [1.54, 1.807) is 0 Å². The molecule has 1 saturated carbocycles. The molecule has 0 bridgehead atoms. The van der Waals surface area contributed by atoms with Crippen molar-refractivity contribution >= 4 is 0 Å². The van der Waals surface area contributed by atoms with Crippen molar-refractivity contribution < 1.29 is 9.47 Å². The van der Waals surface area contributed by atoms with Crippen LogP contribution in [0.1, 0.15) is 83.5 Å². The van der Waals surface area contributed by atoms with Gasteiger partial charge in [-0.05, 0) is 37.8 Å². The predicted molar refractivity (Wildman–Crippen MR) is 119 cm³/mol. The van der Waals surface area contributed by atoms with Crippen LogP contribution < -0.4 is 0 Å². The van der Waals surface area contributed by atoms with E-state index in [9.17, 15) is 0 Å². The third kappa shape index (κ3) is 6.49. The Morgan fingerprint density at radius 2 is 1.31 bits per heavy atom. The summed E-state index contributed by atoms with van der Waals surface area (Å²) in [6, 6.07) is 0.825. The standard InChI is InChI=1S/C25H42N2O2/c1-2-4-6-8-12-22(13-9-7-5-3-1)27-18-16-26(17-19-27)20-23-21-28-24-14-10-11-15-25(24)29-23/h14-15,22-23H,1-13,16-21H2. The Balaban J connectivity index is 1.20. The Morgan fingerprint density at radius 1 is 0.724 bits per heavy atom. The van der Waals surface area contributed by atoms with Crippen molar-refractivity contribution in [3.63, 3.8) is 0 Å². The van der Waals surface area contributed by atoms with Gasteiger partial charge < -0.3 is 9.47 Å². The number of hydrogen-bond acceptors (Lipinski definition) is 4. The summed E-state index contributed by atoms with van der Waals surface area (Å²) in [5, 5.41) is 0. The molecule has 1 atom stereocenters. The largest absolute Gasteiger partial charge is 0.486 e. The first kappa shape index (κ1) is 21.2.